The van der Waals surface area contributed by atoms with Gasteiger partial charge in [0.25, 0.3) is 0 Å². The van der Waals surface area contributed by atoms with E-state index in [0.29, 0.717) is 5.02 Å². The highest BCUT2D eigenvalue weighted by Crippen LogP contribution is 2.27. The summed E-state index contributed by atoms with van der Waals surface area (Å²) in [6.45, 7) is 1.99. The molecule has 0 aliphatic rings. The molecule has 4 rings (SSSR count). The summed E-state index contributed by atoms with van der Waals surface area (Å²) in [5, 5.41) is 19.3. The van der Waals surface area contributed by atoms with E-state index >= 15 is 0 Å². The number of ether oxygens (including phenoxy) is 1. The lowest BCUT2D eigenvalue weighted by Crippen LogP contribution is -2.25. The second-order valence-electron chi connectivity index (χ2n) is 8.03. The van der Waals surface area contributed by atoms with Crippen molar-refractivity contribution in [1.29, 1.82) is 0 Å². The molecule has 4 aromatic rings. The van der Waals surface area contributed by atoms with E-state index in [1.165, 1.54) is 0 Å². The third kappa shape index (κ3) is 6.07. The van der Waals surface area contributed by atoms with Crippen molar-refractivity contribution < 1.29 is 19.4 Å². The Morgan fingerprint density at radius 1 is 1.00 bits per heavy atom. The first-order chi connectivity index (χ1) is 16.9. The first-order valence-corrected chi connectivity index (χ1v) is 11.4. The van der Waals surface area contributed by atoms with Crippen LogP contribution in [0.5, 0.6) is 0 Å². The topological polar surface area (TPSA) is 104 Å². The van der Waals surface area contributed by atoms with Crippen molar-refractivity contribution in [3.8, 4) is 22.3 Å². The highest BCUT2D eigenvalue weighted by Gasteiger charge is 2.15. The summed E-state index contributed by atoms with van der Waals surface area (Å²) < 4.78 is 5.45. The van der Waals surface area contributed by atoms with Crippen LogP contribution in [-0.4, -0.2) is 27.4 Å². The third-order valence-corrected chi connectivity index (χ3v) is 5.94. The number of amides is 1. The first-order valence-electron chi connectivity index (χ1n) is 11.0. The average molecular weight is 490 g/mol. The molecule has 3 aromatic carbocycles. The minimum absolute atomic E-state index is 0.00295. The summed E-state index contributed by atoms with van der Waals surface area (Å²) in [4.78, 5) is 23.2. The van der Waals surface area contributed by atoms with Crippen LogP contribution in [0.1, 0.15) is 29.8 Å². The number of aromatic nitrogens is 2. The summed E-state index contributed by atoms with van der Waals surface area (Å²) in [6, 6.07) is 22.7. The number of carbonyl (C=O) groups excluding carboxylic acids is 1. The zero-order valence-electron chi connectivity index (χ0n) is 19.0. The van der Waals surface area contributed by atoms with Gasteiger partial charge in [-0.05, 0) is 35.2 Å². The van der Waals surface area contributed by atoms with Crippen molar-refractivity contribution in [3.63, 3.8) is 0 Å². The quantitative estimate of drug-likeness (QED) is 0.281. The lowest BCUT2D eigenvalue weighted by atomic mass is 9.99. The number of hydrogen-bond acceptors (Lipinski definition) is 4. The Morgan fingerprint density at radius 2 is 1.63 bits per heavy atom. The smallest absolute Gasteiger partial charge is 0.408 e. The molecule has 0 spiro atoms. The molecule has 7 nitrogen and oxygen atoms in total. The zero-order valence-corrected chi connectivity index (χ0v) is 19.8. The van der Waals surface area contributed by atoms with Gasteiger partial charge in [-0.25, -0.2) is 4.79 Å². The van der Waals surface area contributed by atoms with Crippen molar-refractivity contribution in [2.24, 2.45) is 0 Å². The van der Waals surface area contributed by atoms with Gasteiger partial charge in [-0.2, -0.15) is 5.10 Å². The highest BCUT2D eigenvalue weighted by molar-refractivity contribution is 6.31. The van der Waals surface area contributed by atoms with Crippen LogP contribution in [0.15, 0.2) is 79.0 Å². The zero-order chi connectivity index (χ0) is 24.8. The van der Waals surface area contributed by atoms with E-state index in [4.69, 9.17) is 21.4 Å². The number of carboxylic acids is 1. The third-order valence-electron chi connectivity index (χ3n) is 5.59. The van der Waals surface area contributed by atoms with Crippen LogP contribution in [0.2, 0.25) is 5.02 Å². The van der Waals surface area contributed by atoms with Crippen LogP contribution < -0.4 is 5.32 Å². The standard InChI is InChI=1S/C27H24ClN3O4/c1-17(22-4-2-3-5-24(22)28)35-27(34)29-16-25-23(15-30-31-25)21-12-10-20(11-13-21)19-8-6-18(7-9-19)14-26(32)33/h2-13,15,17H,14,16H2,1H3,(H,29,34)(H,30,31)(H,32,33). The average Bonchev–Trinajstić information content (AvgIpc) is 3.32. The van der Waals surface area contributed by atoms with Crippen molar-refractivity contribution in [2.75, 3.05) is 0 Å². The number of alkyl carbamates (subject to hydrolysis) is 1. The fourth-order valence-corrected chi connectivity index (χ4v) is 4.05. The molecule has 8 heteroatoms. The number of carbonyl (C=O) groups is 2. The van der Waals surface area contributed by atoms with Gasteiger partial charge in [-0.15, -0.1) is 0 Å². The number of halogens is 1. The summed E-state index contributed by atoms with van der Waals surface area (Å²) in [6.07, 6.45) is 0.670. The Morgan fingerprint density at radius 3 is 2.29 bits per heavy atom. The van der Waals surface area contributed by atoms with Crippen LogP contribution in [0.4, 0.5) is 4.79 Å². The molecule has 1 unspecified atom stereocenters. The molecule has 35 heavy (non-hydrogen) atoms. The summed E-state index contributed by atoms with van der Waals surface area (Å²) in [5.41, 5.74) is 6.06. The van der Waals surface area contributed by atoms with E-state index in [0.717, 1.165) is 39.1 Å². The number of benzene rings is 3. The maximum absolute atomic E-state index is 12.3. The van der Waals surface area contributed by atoms with Crippen LogP contribution in [-0.2, 0) is 22.5 Å². The van der Waals surface area contributed by atoms with Crippen LogP contribution in [0, 0.1) is 0 Å². The number of hydrogen-bond donors (Lipinski definition) is 3. The molecule has 0 radical (unpaired) electrons. The fourth-order valence-electron chi connectivity index (χ4n) is 3.76. The van der Waals surface area contributed by atoms with Crippen LogP contribution in [0.3, 0.4) is 0 Å². The molecule has 3 N–H and O–H groups in total. The Hall–Kier alpha value is -4.10. The number of aromatic amines is 1. The molecular formula is C27H24ClN3O4. The summed E-state index contributed by atoms with van der Waals surface area (Å²) in [5.74, 6) is -0.851. The van der Waals surface area contributed by atoms with Crippen molar-refractivity contribution >= 4 is 23.7 Å². The van der Waals surface area contributed by atoms with Gasteiger partial charge in [0, 0.05) is 16.1 Å². The van der Waals surface area contributed by atoms with Gasteiger partial charge in [0.2, 0.25) is 0 Å². The minimum Gasteiger partial charge on any atom is -0.481 e. The number of carboxylic acid groups (broad SMARTS) is 1. The Kier molecular flexibility index (Phi) is 7.48. The van der Waals surface area contributed by atoms with Gasteiger partial charge in [0.1, 0.15) is 6.10 Å². The molecule has 0 bridgehead atoms. The molecule has 0 aliphatic carbocycles. The Bertz CT molecular complexity index is 1320. The van der Waals surface area contributed by atoms with Gasteiger partial charge in [0.05, 0.1) is 24.9 Å². The molecular weight excluding hydrogens is 466 g/mol. The van der Waals surface area contributed by atoms with E-state index in [-0.39, 0.29) is 13.0 Å². The normalized spacial score (nSPS) is 11.6. The van der Waals surface area contributed by atoms with Crippen LogP contribution >= 0.6 is 11.6 Å². The van der Waals surface area contributed by atoms with Gasteiger partial charge >= 0.3 is 12.1 Å². The molecule has 1 amide bonds. The number of rotatable bonds is 8. The SMILES string of the molecule is CC(OC(=O)NCc1[nH]ncc1-c1ccc(-c2ccc(CC(=O)O)cc2)cc1)c1ccccc1Cl. The number of nitrogens with one attached hydrogen (secondary N) is 2. The molecule has 178 valence electrons. The monoisotopic (exact) mass is 489 g/mol. The van der Waals surface area contributed by atoms with E-state index < -0.39 is 18.2 Å². The number of nitrogens with zero attached hydrogens (tertiary/aromatic N) is 1. The van der Waals surface area contributed by atoms with E-state index in [2.05, 4.69) is 15.5 Å². The molecule has 1 heterocycles. The fraction of sp³-hybridized carbons (Fsp3) is 0.148. The predicted octanol–water partition coefficient (Wildman–Crippen LogP) is 6.01. The molecule has 1 aromatic heterocycles. The number of aliphatic carboxylic acids is 1. The second kappa shape index (κ2) is 10.9. The lowest BCUT2D eigenvalue weighted by molar-refractivity contribution is -0.136. The predicted molar refractivity (Wildman–Crippen MR) is 134 cm³/mol. The van der Waals surface area contributed by atoms with E-state index in [9.17, 15) is 9.59 Å². The van der Waals surface area contributed by atoms with Crippen LogP contribution in [0.25, 0.3) is 22.3 Å². The maximum atomic E-state index is 12.3. The molecule has 0 fully saturated rings. The Balaban J connectivity index is 1.38. The van der Waals surface area contributed by atoms with Crippen molar-refractivity contribution in [1.82, 2.24) is 15.5 Å². The van der Waals surface area contributed by atoms with Crippen molar-refractivity contribution in [2.45, 2.75) is 26.0 Å². The summed E-state index contributed by atoms with van der Waals surface area (Å²) in [7, 11) is 0. The molecule has 0 saturated heterocycles. The largest absolute Gasteiger partial charge is 0.481 e. The minimum atomic E-state index is -0.851. The molecule has 0 aliphatic heterocycles. The van der Waals surface area contributed by atoms with Crippen molar-refractivity contribution in [3.05, 3.63) is 101 Å². The van der Waals surface area contributed by atoms with E-state index in [1.54, 1.807) is 19.2 Å². The highest BCUT2D eigenvalue weighted by atomic mass is 35.5. The molecule has 0 saturated carbocycles. The summed E-state index contributed by atoms with van der Waals surface area (Å²) >= 11 is 6.18. The van der Waals surface area contributed by atoms with Gasteiger partial charge < -0.3 is 15.2 Å². The van der Waals surface area contributed by atoms with E-state index in [1.807, 2.05) is 66.7 Å². The first kappa shape index (κ1) is 24.0. The molecule has 1 atom stereocenters. The lowest BCUT2D eigenvalue weighted by Gasteiger charge is -2.15. The Labute approximate surface area is 207 Å². The van der Waals surface area contributed by atoms with Gasteiger partial charge in [-0.3, -0.25) is 9.89 Å². The second-order valence-corrected chi connectivity index (χ2v) is 8.44. The number of H-pyrrole nitrogens is 1. The van der Waals surface area contributed by atoms with Gasteiger partial charge in [0.15, 0.2) is 0 Å². The maximum Gasteiger partial charge on any atom is 0.408 e. The van der Waals surface area contributed by atoms with Gasteiger partial charge in [-0.1, -0.05) is 78.3 Å².